The third-order valence-corrected chi connectivity index (χ3v) is 2.60. The lowest BCUT2D eigenvalue weighted by molar-refractivity contribution is 0.306. The lowest BCUT2D eigenvalue weighted by atomic mass is 10.3. The van der Waals surface area contributed by atoms with Gasteiger partial charge < -0.3 is 4.52 Å². The minimum atomic E-state index is -3.93. The molecule has 1 N–H and O–H groups in total. The van der Waals surface area contributed by atoms with Crippen molar-refractivity contribution in [2.75, 3.05) is 0 Å². The molecule has 0 aliphatic carbocycles. The van der Waals surface area contributed by atoms with Crippen molar-refractivity contribution in [2.45, 2.75) is 0 Å². The zero-order chi connectivity index (χ0) is 9.03. The zero-order valence-electron chi connectivity index (χ0n) is 6.08. The van der Waals surface area contributed by atoms with Crippen LogP contribution in [0, 0.1) is 0 Å². The maximum absolute atomic E-state index is 10.8. The minimum Gasteiger partial charge on any atom is -0.404 e. The van der Waals surface area contributed by atoms with Crippen molar-refractivity contribution in [2.24, 2.45) is 0 Å². The second kappa shape index (κ2) is 4.01. The highest BCUT2D eigenvalue weighted by Gasteiger charge is 2.19. The highest BCUT2D eigenvalue weighted by molar-refractivity contribution is 7.52. The van der Waals surface area contributed by atoms with Crippen LogP contribution in [0.25, 0.3) is 0 Å². The van der Waals surface area contributed by atoms with Crippen molar-refractivity contribution in [1.82, 2.24) is 0 Å². The molecule has 66 valence electrons. The van der Waals surface area contributed by atoms with Crippen LogP contribution >= 0.6 is 17.3 Å². The van der Waals surface area contributed by atoms with Crippen LogP contribution in [0.2, 0.25) is 0 Å². The van der Waals surface area contributed by atoms with Gasteiger partial charge in [0.15, 0.2) is 0 Å². The number of hydrogen-bond donors (Lipinski definition) is 1. The van der Waals surface area contributed by atoms with Crippen molar-refractivity contribution in [3.63, 3.8) is 0 Å². The first kappa shape index (κ1) is 9.69. The fourth-order valence-corrected chi connectivity index (χ4v) is 1.20. The number of hydrogen-bond acceptors (Lipinski definition) is 3. The Morgan fingerprint density at radius 2 is 1.92 bits per heavy atom. The first-order valence-electron chi connectivity index (χ1n) is 3.10. The van der Waals surface area contributed by atoms with Gasteiger partial charge in [-0.05, 0) is 12.1 Å². The molecule has 2 atom stereocenters. The minimum absolute atomic E-state index is 0.297. The highest BCUT2D eigenvalue weighted by atomic mass is 31.2. The molecule has 1 aromatic rings. The first-order chi connectivity index (χ1) is 5.64. The molecule has 0 amide bonds. The standard InChI is InChI=1S/C6H8O4P2/c7-12(8,10-11)9-6-4-2-1-3-5-6/h1-5H,11H2,(H,7,8). The summed E-state index contributed by atoms with van der Waals surface area (Å²) >= 11 is 0. The lowest BCUT2D eigenvalue weighted by Crippen LogP contribution is -1.90. The van der Waals surface area contributed by atoms with E-state index in [9.17, 15) is 4.57 Å². The van der Waals surface area contributed by atoms with Crippen LogP contribution in [0.1, 0.15) is 0 Å². The maximum atomic E-state index is 10.8. The van der Waals surface area contributed by atoms with Gasteiger partial charge in [0.2, 0.25) is 0 Å². The van der Waals surface area contributed by atoms with Crippen LogP contribution in [0.15, 0.2) is 30.3 Å². The Hall–Kier alpha value is -0.400. The average Bonchev–Trinajstić information content (AvgIpc) is 2.06. The van der Waals surface area contributed by atoms with Gasteiger partial charge in [0.1, 0.15) is 5.75 Å². The predicted molar refractivity (Wildman–Crippen MR) is 47.7 cm³/mol. The SMILES string of the molecule is O=P(O)(OP)Oc1ccccc1. The van der Waals surface area contributed by atoms with Crippen molar-refractivity contribution in [3.05, 3.63) is 30.3 Å². The molecule has 2 unspecified atom stereocenters. The molecule has 0 aromatic heterocycles. The zero-order valence-corrected chi connectivity index (χ0v) is 8.13. The molecule has 0 saturated carbocycles. The highest BCUT2D eigenvalue weighted by Crippen LogP contribution is 2.45. The molecule has 0 fully saturated rings. The molecule has 0 aliphatic rings. The van der Waals surface area contributed by atoms with Gasteiger partial charge in [-0.1, -0.05) is 18.2 Å². The summed E-state index contributed by atoms with van der Waals surface area (Å²) in [6.07, 6.45) is 0. The molecule has 0 saturated heterocycles. The predicted octanol–water partition coefficient (Wildman–Crippen LogP) is 1.97. The van der Waals surface area contributed by atoms with Crippen LogP contribution in [0.5, 0.6) is 5.75 Å². The second-order valence-corrected chi connectivity index (χ2v) is 3.94. The molecular formula is C6H8O4P2. The van der Waals surface area contributed by atoms with Crippen LogP contribution in [0.4, 0.5) is 0 Å². The molecule has 1 aromatic carbocycles. The Bertz CT molecular complexity index is 287. The normalized spacial score (nSPS) is 15.2. The lowest BCUT2D eigenvalue weighted by Gasteiger charge is -2.08. The van der Waals surface area contributed by atoms with E-state index >= 15 is 0 Å². The van der Waals surface area contributed by atoms with Gasteiger partial charge in [0, 0.05) is 9.47 Å². The summed E-state index contributed by atoms with van der Waals surface area (Å²) in [6, 6.07) is 8.28. The summed E-state index contributed by atoms with van der Waals surface area (Å²) in [5.74, 6) is 0.297. The quantitative estimate of drug-likeness (QED) is 0.768. The average molecular weight is 206 g/mol. The summed E-state index contributed by atoms with van der Waals surface area (Å²) in [4.78, 5) is 8.87. The molecule has 0 bridgehead atoms. The molecule has 0 radical (unpaired) electrons. The Morgan fingerprint density at radius 3 is 2.42 bits per heavy atom. The van der Waals surface area contributed by atoms with Crippen LogP contribution in [-0.4, -0.2) is 4.89 Å². The number of rotatable bonds is 3. The Kier molecular flexibility index (Phi) is 3.24. The van der Waals surface area contributed by atoms with E-state index in [0.29, 0.717) is 5.75 Å². The van der Waals surface area contributed by atoms with E-state index in [2.05, 4.69) is 8.83 Å². The summed E-state index contributed by atoms with van der Waals surface area (Å²) < 4.78 is 19.6. The maximum Gasteiger partial charge on any atom is 0.530 e. The fourth-order valence-electron chi connectivity index (χ4n) is 0.636. The number of phosphoric ester groups is 1. The van der Waals surface area contributed by atoms with E-state index in [1.807, 2.05) is 0 Å². The Balaban J connectivity index is 2.71. The van der Waals surface area contributed by atoms with Crippen molar-refractivity contribution in [1.29, 1.82) is 0 Å². The Labute approximate surface area is 72.4 Å². The van der Waals surface area contributed by atoms with Gasteiger partial charge in [0.25, 0.3) is 0 Å². The molecule has 0 spiro atoms. The van der Waals surface area contributed by atoms with Gasteiger partial charge in [0.05, 0.1) is 0 Å². The van der Waals surface area contributed by atoms with E-state index in [1.54, 1.807) is 39.8 Å². The van der Waals surface area contributed by atoms with Gasteiger partial charge in [-0.3, -0.25) is 9.20 Å². The van der Waals surface area contributed by atoms with Crippen LogP contribution in [0.3, 0.4) is 0 Å². The van der Waals surface area contributed by atoms with Crippen molar-refractivity contribution in [3.8, 4) is 5.75 Å². The van der Waals surface area contributed by atoms with E-state index < -0.39 is 7.82 Å². The van der Waals surface area contributed by atoms with Gasteiger partial charge >= 0.3 is 7.82 Å². The topological polar surface area (TPSA) is 55.8 Å². The molecule has 6 heteroatoms. The van der Waals surface area contributed by atoms with E-state index in [4.69, 9.17) is 4.89 Å². The molecule has 0 heterocycles. The summed E-state index contributed by atoms with van der Waals surface area (Å²) in [5, 5.41) is 0. The third-order valence-electron chi connectivity index (χ3n) is 1.10. The Morgan fingerprint density at radius 1 is 1.33 bits per heavy atom. The van der Waals surface area contributed by atoms with Gasteiger partial charge in [-0.25, -0.2) is 4.57 Å². The molecule has 4 nitrogen and oxygen atoms in total. The summed E-state index contributed by atoms with van der Waals surface area (Å²) in [7, 11) is -2.25. The molecule has 1 rings (SSSR count). The number of benzene rings is 1. The van der Waals surface area contributed by atoms with Crippen LogP contribution < -0.4 is 4.52 Å². The third kappa shape index (κ3) is 2.92. The van der Waals surface area contributed by atoms with E-state index in [0.717, 1.165) is 0 Å². The number of phosphoric acid groups is 1. The van der Waals surface area contributed by atoms with E-state index in [1.165, 1.54) is 0 Å². The largest absolute Gasteiger partial charge is 0.530 e. The van der Waals surface area contributed by atoms with Gasteiger partial charge in [-0.2, -0.15) is 0 Å². The van der Waals surface area contributed by atoms with Crippen molar-refractivity contribution < 1.29 is 18.3 Å². The molecule has 12 heavy (non-hydrogen) atoms. The first-order valence-corrected chi connectivity index (χ1v) is 5.07. The smallest absolute Gasteiger partial charge is 0.404 e. The second-order valence-electron chi connectivity index (χ2n) is 1.98. The molecular weight excluding hydrogens is 198 g/mol. The summed E-state index contributed by atoms with van der Waals surface area (Å²) in [6.45, 7) is 0. The fraction of sp³-hybridized carbons (Fsp3) is 0. The van der Waals surface area contributed by atoms with Crippen LogP contribution in [-0.2, 0) is 8.88 Å². The number of para-hydroxylation sites is 1. The van der Waals surface area contributed by atoms with Gasteiger partial charge in [-0.15, -0.1) is 0 Å². The summed E-state index contributed by atoms with van der Waals surface area (Å²) in [5.41, 5.74) is 0. The monoisotopic (exact) mass is 206 g/mol. The molecule has 0 aliphatic heterocycles. The van der Waals surface area contributed by atoms with Crippen molar-refractivity contribution >= 4 is 17.3 Å². The van der Waals surface area contributed by atoms with E-state index in [-0.39, 0.29) is 0 Å².